The number of carbonyl (C=O) groups excluding carboxylic acids is 1. The first-order valence-electron chi connectivity index (χ1n) is 13.4. The highest BCUT2D eigenvalue weighted by Gasteiger charge is 2.39. The number of nitrogens with zero attached hydrogens (tertiary/aromatic N) is 2. The highest BCUT2D eigenvalue weighted by molar-refractivity contribution is 6.31. The Labute approximate surface area is 227 Å². The SMILES string of the molecule is Cc1cc(OC[C@@]2(CC(=O)N(C)Cc3ccccc3)CCCN(CCCc3ccccc3)C2)ccc1Cl. The number of piperidine rings is 1. The molecule has 0 saturated carbocycles. The zero-order valence-electron chi connectivity index (χ0n) is 22.2. The van der Waals surface area contributed by atoms with E-state index >= 15 is 0 Å². The van der Waals surface area contributed by atoms with Crippen LogP contribution in [0.15, 0.2) is 78.9 Å². The number of benzene rings is 3. The van der Waals surface area contributed by atoms with Gasteiger partial charge in [0, 0.05) is 37.0 Å². The van der Waals surface area contributed by atoms with Crippen molar-refractivity contribution >= 4 is 17.5 Å². The second-order valence-corrected chi connectivity index (χ2v) is 11.0. The van der Waals surface area contributed by atoms with Crippen LogP contribution in [0.4, 0.5) is 0 Å². The fraction of sp³-hybridized carbons (Fsp3) is 0.406. The maximum Gasteiger partial charge on any atom is 0.223 e. The molecule has 0 unspecified atom stereocenters. The third-order valence-corrected chi connectivity index (χ3v) is 7.84. The first-order valence-corrected chi connectivity index (χ1v) is 13.7. The average Bonchev–Trinajstić information content (AvgIpc) is 2.91. The molecule has 37 heavy (non-hydrogen) atoms. The number of rotatable bonds is 11. The molecule has 196 valence electrons. The van der Waals surface area contributed by atoms with Gasteiger partial charge in [-0.15, -0.1) is 0 Å². The zero-order chi connectivity index (χ0) is 26.1. The molecule has 1 saturated heterocycles. The van der Waals surface area contributed by atoms with Gasteiger partial charge in [-0.25, -0.2) is 0 Å². The summed E-state index contributed by atoms with van der Waals surface area (Å²) in [6, 6.07) is 26.6. The van der Waals surface area contributed by atoms with Crippen molar-refractivity contribution in [2.75, 3.05) is 33.3 Å². The minimum absolute atomic E-state index is 0.172. The van der Waals surface area contributed by atoms with E-state index in [1.807, 2.05) is 55.3 Å². The van der Waals surface area contributed by atoms with Gasteiger partial charge in [-0.2, -0.15) is 0 Å². The van der Waals surface area contributed by atoms with E-state index in [1.165, 1.54) is 5.56 Å². The van der Waals surface area contributed by atoms with E-state index in [0.29, 0.717) is 19.6 Å². The van der Waals surface area contributed by atoms with Gasteiger partial charge in [0.2, 0.25) is 5.91 Å². The molecule has 4 nitrogen and oxygen atoms in total. The number of hydrogen-bond acceptors (Lipinski definition) is 3. The van der Waals surface area contributed by atoms with Crippen LogP contribution in [0.1, 0.15) is 42.4 Å². The summed E-state index contributed by atoms with van der Waals surface area (Å²) in [6.45, 7) is 6.11. The molecule has 1 aliphatic heterocycles. The molecule has 4 rings (SSSR count). The van der Waals surface area contributed by atoms with Gasteiger partial charge in [0.1, 0.15) is 5.75 Å². The van der Waals surface area contributed by atoms with Crippen LogP contribution in [0.5, 0.6) is 5.75 Å². The molecule has 1 fully saturated rings. The number of halogens is 1. The van der Waals surface area contributed by atoms with Crippen molar-refractivity contribution in [1.29, 1.82) is 0 Å². The molecule has 0 spiro atoms. The molecule has 1 heterocycles. The lowest BCUT2D eigenvalue weighted by Crippen LogP contribution is -2.49. The number of ether oxygens (including phenoxy) is 1. The summed E-state index contributed by atoms with van der Waals surface area (Å²) in [5, 5.41) is 0.738. The van der Waals surface area contributed by atoms with Gasteiger partial charge in [0.15, 0.2) is 0 Å². The highest BCUT2D eigenvalue weighted by atomic mass is 35.5. The van der Waals surface area contributed by atoms with E-state index in [4.69, 9.17) is 16.3 Å². The highest BCUT2D eigenvalue weighted by Crippen LogP contribution is 2.36. The fourth-order valence-corrected chi connectivity index (χ4v) is 5.43. The Bertz CT molecular complexity index is 1140. The van der Waals surface area contributed by atoms with Crippen LogP contribution >= 0.6 is 11.6 Å². The predicted molar refractivity (Wildman–Crippen MR) is 152 cm³/mol. The third-order valence-electron chi connectivity index (χ3n) is 7.41. The van der Waals surface area contributed by atoms with Crippen molar-refractivity contribution in [2.24, 2.45) is 5.41 Å². The van der Waals surface area contributed by atoms with Crippen LogP contribution in [0.2, 0.25) is 5.02 Å². The van der Waals surface area contributed by atoms with E-state index in [-0.39, 0.29) is 11.3 Å². The normalized spacial score (nSPS) is 17.9. The van der Waals surface area contributed by atoms with Crippen molar-refractivity contribution < 1.29 is 9.53 Å². The summed E-state index contributed by atoms with van der Waals surface area (Å²) < 4.78 is 6.35. The Balaban J connectivity index is 1.43. The van der Waals surface area contributed by atoms with Crippen molar-refractivity contribution in [3.63, 3.8) is 0 Å². The van der Waals surface area contributed by atoms with Crippen LogP contribution in [-0.2, 0) is 17.8 Å². The maximum atomic E-state index is 13.5. The maximum absolute atomic E-state index is 13.5. The molecule has 0 aromatic heterocycles. The van der Waals surface area contributed by atoms with Gasteiger partial charge in [0.25, 0.3) is 0 Å². The summed E-state index contributed by atoms with van der Waals surface area (Å²) >= 11 is 6.23. The molecule has 5 heteroatoms. The Morgan fingerprint density at radius 2 is 1.73 bits per heavy atom. The molecule has 1 amide bonds. The molecule has 3 aromatic carbocycles. The van der Waals surface area contributed by atoms with E-state index in [0.717, 1.165) is 67.2 Å². The fourth-order valence-electron chi connectivity index (χ4n) is 5.31. The Morgan fingerprint density at radius 3 is 2.43 bits per heavy atom. The monoisotopic (exact) mass is 518 g/mol. The molecule has 0 N–H and O–H groups in total. The lowest BCUT2D eigenvalue weighted by Gasteiger charge is -2.43. The second-order valence-electron chi connectivity index (χ2n) is 10.6. The summed E-state index contributed by atoms with van der Waals surface area (Å²) in [5.41, 5.74) is 3.30. The molecular weight excluding hydrogens is 480 g/mol. The van der Waals surface area contributed by atoms with Gasteiger partial charge in [-0.3, -0.25) is 4.79 Å². The predicted octanol–water partition coefficient (Wildman–Crippen LogP) is 6.79. The van der Waals surface area contributed by atoms with Gasteiger partial charge >= 0.3 is 0 Å². The molecule has 3 aromatic rings. The molecule has 0 radical (unpaired) electrons. The molecular formula is C32H39ClN2O2. The van der Waals surface area contributed by atoms with E-state index < -0.39 is 0 Å². The second kappa shape index (κ2) is 13.1. The van der Waals surface area contributed by atoms with Gasteiger partial charge in [-0.05, 0) is 80.6 Å². The van der Waals surface area contributed by atoms with E-state index in [9.17, 15) is 4.79 Å². The zero-order valence-corrected chi connectivity index (χ0v) is 22.9. The van der Waals surface area contributed by atoms with Crippen LogP contribution in [0.3, 0.4) is 0 Å². The van der Waals surface area contributed by atoms with E-state index in [2.05, 4.69) is 47.4 Å². The van der Waals surface area contributed by atoms with Crippen molar-refractivity contribution in [1.82, 2.24) is 9.80 Å². The number of amides is 1. The first-order chi connectivity index (χ1) is 17.9. The van der Waals surface area contributed by atoms with Crippen LogP contribution in [0.25, 0.3) is 0 Å². The topological polar surface area (TPSA) is 32.8 Å². The molecule has 0 bridgehead atoms. The standard InChI is InChI=1S/C32H39ClN2O2/c1-26-21-29(16-17-30(26)33)37-25-32(22-31(36)34(2)23-28-13-7-4-8-14-28)18-10-20-35(24-32)19-9-15-27-11-5-3-6-12-27/h3-8,11-14,16-17,21H,9-10,15,18-20,22-25H2,1-2H3/t32-/m1/s1. The summed E-state index contributed by atoms with van der Waals surface area (Å²) in [7, 11) is 1.91. The van der Waals surface area contributed by atoms with E-state index in [1.54, 1.807) is 0 Å². The Hall–Kier alpha value is -2.82. The quantitative estimate of drug-likeness (QED) is 0.280. The molecule has 0 aliphatic carbocycles. The summed E-state index contributed by atoms with van der Waals surface area (Å²) in [6.07, 6.45) is 4.73. The van der Waals surface area contributed by atoms with Crippen molar-refractivity contribution in [3.05, 3.63) is 101 Å². The molecule has 1 aliphatic rings. The lowest BCUT2D eigenvalue weighted by molar-refractivity contribution is -0.135. The Morgan fingerprint density at radius 1 is 1.03 bits per heavy atom. The smallest absolute Gasteiger partial charge is 0.223 e. The number of hydrogen-bond donors (Lipinski definition) is 0. The first kappa shape index (κ1) is 27.2. The summed E-state index contributed by atoms with van der Waals surface area (Å²) in [5.74, 6) is 0.985. The average molecular weight is 519 g/mol. The minimum atomic E-state index is -0.222. The number of likely N-dealkylation sites (tertiary alicyclic amines) is 1. The van der Waals surface area contributed by atoms with Gasteiger partial charge in [-0.1, -0.05) is 72.3 Å². The van der Waals surface area contributed by atoms with Crippen LogP contribution in [0, 0.1) is 12.3 Å². The van der Waals surface area contributed by atoms with Gasteiger partial charge in [0.05, 0.1) is 6.61 Å². The van der Waals surface area contributed by atoms with Crippen LogP contribution in [-0.4, -0.2) is 49.0 Å². The lowest BCUT2D eigenvalue weighted by atomic mass is 9.77. The van der Waals surface area contributed by atoms with Crippen molar-refractivity contribution in [2.45, 2.75) is 45.6 Å². The van der Waals surface area contributed by atoms with Crippen molar-refractivity contribution in [3.8, 4) is 5.75 Å². The van der Waals surface area contributed by atoms with Gasteiger partial charge < -0.3 is 14.5 Å². The number of aryl methyl sites for hydroxylation is 2. The summed E-state index contributed by atoms with van der Waals surface area (Å²) in [4.78, 5) is 17.9. The Kier molecular flexibility index (Phi) is 9.65. The largest absolute Gasteiger partial charge is 0.493 e. The third kappa shape index (κ3) is 8.08. The minimum Gasteiger partial charge on any atom is -0.493 e. The van der Waals surface area contributed by atoms with Crippen LogP contribution < -0.4 is 4.74 Å². The number of carbonyl (C=O) groups is 1. The molecule has 1 atom stereocenters.